The van der Waals surface area contributed by atoms with Crippen LogP contribution in [-0.2, 0) is 18.2 Å². The normalized spacial score (nSPS) is 20.0. The zero-order valence-electron chi connectivity index (χ0n) is 11.3. The zero-order valence-corrected chi connectivity index (χ0v) is 11.3. The molecule has 0 saturated carbocycles. The minimum absolute atomic E-state index is 0.0280. The van der Waals surface area contributed by atoms with Gasteiger partial charge >= 0.3 is 0 Å². The molecule has 7 heteroatoms. The van der Waals surface area contributed by atoms with Crippen molar-refractivity contribution in [2.24, 2.45) is 12.8 Å². The van der Waals surface area contributed by atoms with Gasteiger partial charge in [0, 0.05) is 31.1 Å². The molecule has 1 aliphatic heterocycles. The van der Waals surface area contributed by atoms with Crippen molar-refractivity contribution in [3.63, 3.8) is 0 Å². The first kappa shape index (κ1) is 13.4. The van der Waals surface area contributed by atoms with E-state index in [9.17, 15) is 0 Å². The van der Waals surface area contributed by atoms with E-state index < -0.39 is 0 Å². The Labute approximate surface area is 107 Å². The molecule has 0 radical (unpaired) electrons. The maximum Gasteiger partial charge on any atom is 0.176 e. The third-order valence-corrected chi connectivity index (χ3v) is 3.69. The molecule has 1 aromatic rings. The molecule has 2 rings (SSSR count). The van der Waals surface area contributed by atoms with Crippen LogP contribution in [0.25, 0.3) is 0 Å². The molecule has 1 fully saturated rings. The van der Waals surface area contributed by atoms with Crippen LogP contribution in [0, 0.1) is 0 Å². The standard InChI is InChI=1S/C11H22N6O/c1-11(2,17-4-6-18-7-5-17)9(12)8-10-13-15-16(3)14-10/h9H,4-8,12H2,1-3H3. The highest BCUT2D eigenvalue weighted by molar-refractivity contribution is 4.97. The molecule has 1 aromatic heterocycles. The van der Waals surface area contributed by atoms with Crippen LogP contribution >= 0.6 is 0 Å². The molecule has 102 valence electrons. The molecule has 2 heterocycles. The van der Waals surface area contributed by atoms with E-state index in [1.54, 1.807) is 7.05 Å². The first-order valence-corrected chi connectivity index (χ1v) is 6.31. The maximum absolute atomic E-state index is 6.32. The molecule has 0 amide bonds. The average Bonchev–Trinajstić information content (AvgIpc) is 2.76. The van der Waals surface area contributed by atoms with Gasteiger partial charge in [-0.1, -0.05) is 0 Å². The van der Waals surface area contributed by atoms with Crippen molar-refractivity contribution in [2.75, 3.05) is 26.3 Å². The van der Waals surface area contributed by atoms with Gasteiger partial charge in [-0.25, -0.2) is 0 Å². The summed E-state index contributed by atoms with van der Waals surface area (Å²) in [5.74, 6) is 0.700. The van der Waals surface area contributed by atoms with Crippen LogP contribution in [0.1, 0.15) is 19.7 Å². The van der Waals surface area contributed by atoms with Gasteiger partial charge in [0.25, 0.3) is 0 Å². The van der Waals surface area contributed by atoms with Gasteiger partial charge in [-0.05, 0) is 19.1 Å². The van der Waals surface area contributed by atoms with E-state index in [2.05, 4.69) is 34.2 Å². The first-order valence-electron chi connectivity index (χ1n) is 6.31. The maximum atomic E-state index is 6.32. The minimum atomic E-state index is -0.0943. The third-order valence-electron chi connectivity index (χ3n) is 3.69. The van der Waals surface area contributed by atoms with Crippen molar-refractivity contribution < 1.29 is 4.74 Å². The molecule has 1 unspecified atom stereocenters. The quantitative estimate of drug-likeness (QED) is 0.757. The lowest BCUT2D eigenvalue weighted by Crippen LogP contribution is -2.59. The number of hydrogen-bond acceptors (Lipinski definition) is 6. The van der Waals surface area contributed by atoms with E-state index in [4.69, 9.17) is 10.5 Å². The van der Waals surface area contributed by atoms with Crippen molar-refractivity contribution >= 4 is 0 Å². The van der Waals surface area contributed by atoms with Crippen LogP contribution in [0.3, 0.4) is 0 Å². The Bertz CT molecular complexity index is 385. The Hall–Kier alpha value is -1.05. The van der Waals surface area contributed by atoms with Gasteiger partial charge < -0.3 is 10.5 Å². The molecule has 0 spiro atoms. The van der Waals surface area contributed by atoms with Gasteiger partial charge in [-0.15, -0.1) is 10.2 Å². The van der Waals surface area contributed by atoms with E-state index in [1.807, 2.05) is 0 Å². The van der Waals surface area contributed by atoms with E-state index >= 15 is 0 Å². The first-order chi connectivity index (χ1) is 8.50. The molecular weight excluding hydrogens is 232 g/mol. The number of aromatic nitrogens is 4. The molecule has 0 aliphatic carbocycles. The second-order valence-corrected chi connectivity index (χ2v) is 5.26. The molecule has 1 saturated heterocycles. The number of ether oxygens (including phenoxy) is 1. The second kappa shape index (κ2) is 5.29. The Balaban J connectivity index is 1.99. The fraction of sp³-hybridized carbons (Fsp3) is 0.909. The highest BCUT2D eigenvalue weighted by Gasteiger charge is 2.34. The van der Waals surface area contributed by atoms with Crippen molar-refractivity contribution in [2.45, 2.75) is 31.8 Å². The SMILES string of the molecule is Cn1nnc(CC(N)C(C)(C)N2CCOCC2)n1. The molecule has 7 nitrogen and oxygen atoms in total. The van der Waals surface area contributed by atoms with Crippen molar-refractivity contribution in [3.05, 3.63) is 5.82 Å². The summed E-state index contributed by atoms with van der Waals surface area (Å²) < 4.78 is 5.38. The molecule has 18 heavy (non-hydrogen) atoms. The zero-order chi connectivity index (χ0) is 13.2. The van der Waals surface area contributed by atoms with E-state index in [0.717, 1.165) is 26.3 Å². The van der Waals surface area contributed by atoms with Crippen molar-refractivity contribution in [1.82, 2.24) is 25.1 Å². The van der Waals surface area contributed by atoms with Crippen LogP contribution in [0.2, 0.25) is 0 Å². The summed E-state index contributed by atoms with van der Waals surface area (Å²) in [4.78, 5) is 3.83. The lowest BCUT2D eigenvalue weighted by molar-refractivity contribution is -0.0188. The summed E-state index contributed by atoms with van der Waals surface area (Å²) in [5, 5.41) is 12.0. The smallest absolute Gasteiger partial charge is 0.176 e. The largest absolute Gasteiger partial charge is 0.379 e. The van der Waals surface area contributed by atoms with Crippen LogP contribution < -0.4 is 5.73 Å². The Morgan fingerprint density at radius 2 is 2.06 bits per heavy atom. The summed E-state index contributed by atoms with van der Waals surface area (Å²) in [7, 11) is 1.76. The van der Waals surface area contributed by atoms with Gasteiger partial charge in [0.05, 0.1) is 20.3 Å². The number of hydrogen-bond donors (Lipinski definition) is 1. The summed E-state index contributed by atoms with van der Waals surface area (Å²) in [6, 6.07) is -0.0280. The third kappa shape index (κ3) is 2.85. The minimum Gasteiger partial charge on any atom is -0.379 e. The average molecular weight is 254 g/mol. The van der Waals surface area contributed by atoms with Crippen LogP contribution in [0.15, 0.2) is 0 Å². The summed E-state index contributed by atoms with van der Waals surface area (Å²) >= 11 is 0. The fourth-order valence-corrected chi connectivity index (χ4v) is 2.23. The number of aryl methyl sites for hydroxylation is 1. The van der Waals surface area contributed by atoms with E-state index in [-0.39, 0.29) is 11.6 Å². The Morgan fingerprint density at radius 3 is 2.61 bits per heavy atom. The molecular formula is C11H22N6O. The van der Waals surface area contributed by atoms with E-state index in [0.29, 0.717) is 12.2 Å². The van der Waals surface area contributed by atoms with Gasteiger partial charge in [0.1, 0.15) is 0 Å². The van der Waals surface area contributed by atoms with Gasteiger partial charge in [-0.2, -0.15) is 4.80 Å². The summed E-state index contributed by atoms with van der Waals surface area (Å²) in [6.07, 6.45) is 0.637. The lowest BCUT2D eigenvalue weighted by atomic mass is 9.90. The highest BCUT2D eigenvalue weighted by atomic mass is 16.5. The van der Waals surface area contributed by atoms with Gasteiger partial charge in [0.2, 0.25) is 0 Å². The van der Waals surface area contributed by atoms with Crippen molar-refractivity contribution in [3.8, 4) is 0 Å². The van der Waals surface area contributed by atoms with Crippen LogP contribution in [0.5, 0.6) is 0 Å². The predicted octanol–water partition coefficient (Wildman–Crippen LogP) is -0.809. The summed E-state index contributed by atoms with van der Waals surface area (Å²) in [5.41, 5.74) is 6.23. The second-order valence-electron chi connectivity index (χ2n) is 5.26. The molecule has 0 bridgehead atoms. The number of nitrogens with zero attached hydrogens (tertiary/aromatic N) is 5. The van der Waals surface area contributed by atoms with Gasteiger partial charge in [0.15, 0.2) is 5.82 Å². The Kier molecular flexibility index (Phi) is 3.94. The van der Waals surface area contributed by atoms with Crippen LogP contribution in [-0.4, -0.2) is 63.0 Å². The number of morpholine rings is 1. The van der Waals surface area contributed by atoms with Crippen molar-refractivity contribution in [1.29, 1.82) is 0 Å². The number of tetrazole rings is 1. The highest BCUT2D eigenvalue weighted by Crippen LogP contribution is 2.20. The molecule has 0 aromatic carbocycles. The fourth-order valence-electron chi connectivity index (χ4n) is 2.23. The predicted molar refractivity (Wildman–Crippen MR) is 66.9 cm³/mol. The lowest BCUT2D eigenvalue weighted by Gasteiger charge is -2.44. The van der Waals surface area contributed by atoms with E-state index in [1.165, 1.54) is 4.80 Å². The molecule has 1 aliphatic rings. The monoisotopic (exact) mass is 254 g/mol. The topological polar surface area (TPSA) is 82.1 Å². The van der Waals surface area contributed by atoms with Crippen LogP contribution in [0.4, 0.5) is 0 Å². The number of nitrogens with two attached hydrogens (primary N) is 1. The molecule has 2 N–H and O–H groups in total. The number of rotatable bonds is 4. The van der Waals surface area contributed by atoms with Gasteiger partial charge in [-0.3, -0.25) is 4.90 Å². The summed E-state index contributed by atoms with van der Waals surface area (Å²) in [6.45, 7) is 7.74. The Morgan fingerprint density at radius 1 is 1.39 bits per heavy atom. The molecule has 1 atom stereocenters.